The normalized spacial score (nSPS) is 29.7. The zero-order valence-corrected chi connectivity index (χ0v) is 16.3. The van der Waals surface area contributed by atoms with Gasteiger partial charge >= 0.3 is 0 Å². The molecule has 0 fully saturated rings. The molecule has 152 valence electrons. The summed E-state index contributed by atoms with van der Waals surface area (Å²) in [4.78, 5) is 0.600. The fourth-order valence-corrected chi connectivity index (χ4v) is 3.14. The molecule has 0 aromatic rings. The Balaban J connectivity index is 2.71. The van der Waals surface area contributed by atoms with Crippen molar-refractivity contribution in [1.29, 1.82) is 0 Å². The van der Waals surface area contributed by atoms with E-state index in [9.17, 15) is 25.5 Å². The van der Waals surface area contributed by atoms with Gasteiger partial charge in [0.15, 0.2) is 0 Å². The van der Waals surface area contributed by atoms with Crippen molar-refractivity contribution in [2.75, 3.05) is 6.61 Å². The second kappa shape index (κ2) is 12.0. The molecule has 0 amide bonds. The van der Waals surface area contributed by atoms with Crippen LogP contribution in [0.1, 0.15) is 46.0 Å². The van der Waals surface area contributed by atoms with Crippen molar-refractivity contribution in [3.63, 3.8) is 0 Å². The SMILES string of the molecule is CCCC(=S)NC(COC1CC=CC(O)C(O)C1O)C(O)CC(O)CC. The van der Waals surface area contributed by atoms with Crippen LogP contribution >= 0.6 is 12.2 Å². The minimum absolute atomic E-state index is 0.0415. The molecule has 0 bridgehead atoms. The molecule has 6 N–H and O–H groups in total. The lowest BCUT2D eigenvalue weighted by atomic mass is 10.0. The fourth-order valence-electron chi connectivity index (χ4n) is 2.79. The minimum atomic E-state index is -1.34. The molecule has 1 rings (SSSR count). The lowest BCUT2D eigenvalue weighted by Crippen LogP contribution is -2.49. The molecule has 8 heteroatoms. The molecule has 0 aromatic heterocycles. The van der Waals surface area contributed by atoms with Gasteiger partial charge in [0, 0.05) is 6.42 Å². The topological polar surface area (TPSA) is 122 Å². The van der Waals surface area contributed by atoms with Crippen molar-refractivity contribution in [1.82, 2.24) is 5.32 Å². The van der Waals surface area contributed by atoms with E-state index in [1.54, 1.807) is 6.08 Å². The minimum Gasteiger partial charge on any atom is -0.393 e. The van der Waals surface area contributed by atoms with Gasteiger partial charge in [0.2, 0.25) is 0 Å². The van der Waals surface area contributed by atoms with Crippen molar-refractivity contribution >= 4 is 17.2 Å². The molecule has 0 saturated carbocycles. The van der Waals surface area contributed by atoms with Crippen LogP contribution in [0.4, 0.5) is 0 Å². The molecule has 1 aliphatic rings. The Morgan fingerprint density at radius 2 is 1.92 bits per heavy atom. The van der Waals surface area contributed by atoms with Gasteiger partial charge in [-0.2, -0.15) is 0 Å². The maximum atomic E-state index is 10.4. The summed E-state index contributed by atoms with van der Waals surface area (Å²) >= 11 is 5.27. The van der Waals surface area contributed by atoms with Gasteiger partial charge in [-0.3, -0.25) is 0 Å². The summed E-state index contributed by atoms with van der Waals surface area (Å²) in [6.45, 7) is 3.87. The molecule has 0 saturated heterocycles. The van der Waals surface area contributed by atoms with Gasteiger partial charge in [-0.05, 0) is 25.7 Å². The van der Waals surface area contributed by atoms with E-state index in [1.807, 2.05) is 13.8 Å². The molecule has 1 aliphatic carbocycles. The van der Waals surface area contributed by atoms with Crippen LogP contribution in [0.3, 0.4) is 0 Å². The largest absolute Gasteiger partial charge is 0.393 e. The zero-order chi connectivity index (χ0) is 19.7. The summed E-state index contributed by atoms with van der Waals surface area (Å²) in [6.07, 6.45) is -0.299. The molecule has 7 atom stereocenters. The highest BCUT2D eigenvalue weighted by Gasteiger charge is 2.33. The van der Waals surface area contributed by atoms with Crippen LogP contribution in [-0.2, 0) is 4.74 Å². The highest BCUT2D eigenvalue weighted by molar-refractivity contribution is 7.80. The van der Waals surface area contributed by atoms with E-state index in [-0.39, 0.29) is 13.0 Å². The third kappa shape index (κ3) is 7.56. The van der Waals surface area contributed by atoms with Crippen LogP contribution in [0.25, 0.3) is 0 Å². The van der Waals surface area contributed by atoms with Crippen LogP contribution in [0.15, 0.2) is 12.2 Å². The number of hydrogen-bond acceptors (Lipinski definition) is 7. The Morgan fingerprint density at radius 3 is 2.54 bits per heavy atom. The van der Waals surface area contributed by atoms with Crippen LogP contribution < -0.4 is 5.32 Å². The molecule has 0 spiro atoms. The zero-order valence-electron chi connectivity index (χ0n) is 15.5. The van der Waals surface area contributed by atoms with Crippen LogP contribution in [0, 0.1) is 0 Å². The summed E-state index contributed by atoms with van der Waals surface area (Å²) in [7, 11) is 0. The number of hydrogen-bond donors (Lipinski definition) is 6. The Bertz CT molecular complexity index is 449. The van der Waals surface area contributed by atoms with Crippen molar-refractivity contribution in [2.45, 2.75) is 88.6 Å². The van der Waals surface area contributed by atoms with Crippen molar-refractivity contribution in [3.8, 4) is 0 Å². The summed E-state index contributed by atoms with van der Waals surface area (Å²) < 4.78 is 5.74. The Hall–Kier alpha value is -0.610. The molecular formula is C18H33NO6S. The second-order valence-electron chi connectivity index (χ2n) is 6.80. The monoisotopic (exact) mass is 391 g/mol. The third-order valence-corrected chi connectivity index (χ3v) is 4.87. The second-order valence-corrected chi connectivity index (χ2v) is 7.29. The van der Waals surface area contributed by atoms with E-state index < -0.39 is 42.7 Å². The predicted molar refractivity (Wildman–Crippen MR) is 103 cm³/mol. The van der Waals surface area contributed by atoms with E-state index in [0.29, 0.717) is 24.3 Å². The number of nitrogens with one attached hydrogen (secondary N) is 1. The Labute approximate surface area is 160 Å². The standard InChI is InChI=1S/C18H33NO6S/c1-3-6-16(26)19-12(14(22)9-11(20)4-2)10-25-15-8-5-7-13(21)17(23)18(15)24/h5,7,11-15,17-18,20-24H,3-4,6,8-10H2,1-2H3,(H,19,26). The van der Waals surface area contributed by atoms with Gasteiger partial charge in [-0.1, -0.05) is 38.2 Å². The molecule has 7 unspecified atom stereocenters. The number of aliphatic hydroxyl groups is 5. The van der Waals surface area contributed by atoms with E-state index in [2.05, 4.69) is 5.32 Å². The van der Waals surface area contributed by atoms with Crippen molar-refractivity contribution < 1.29 is 30.3 Å². The quantitative estimate of drug-likeness (QED) is 0.228. The molecule has 0 heterocycles. The number of aliphatic hydroxyl groups excluding tert-OH is 5. The average Bonchev–Trinajstić information content (AvgIpc) is 2.72. The van der Waals surface area contributed by atoms with Crippen LogP contribution in [-0.4, -0.2) is 79.8 Å². The maximum Gasteiger partial charge on any atom is 0.112 e. The lowest BCUT2D eigenvalue weighted by molar-refractivity contribution is -0.116. The van der Waals surface area contributed by atoms with Crippen LogP contribution in [0.2, 0.25) is 0 Å². The Kier molecular flexibility index (Phi) is 10.8. The molecule has 0 aromatic carbocycles. The summed E-state index contributed by atoms with van der Waals surface area (Å²) in [6, 6.07) is -0.545. The lowest BCUT2D eigenvalue weighted by Gasteiger charge is -2.30. The first-order valence-electron chi connectivity index (χ1n) is 9.28. The average molecular weight is 392 g/mol. The van der Waals surface area contributed by atoms with Gasteiger partial charge in [-0.25, -0.2) is 0 Å². The predicted octanol–water partition coefficient (Wildman–Crippen LogP) is 0.0218. The summed E-state index contributed by atoms with van der Waals surface area (Å²) in [5.74, 6) is 0. The molecule has 0 radical (unpaired) electrons. The van der Waals surface area contributed by atoms with Gasteiger partial charge in [0.25, 0.3) is 0 Å². The molecule has 7 nitrogen and oxygen atoms in total. The number of thiocarbonyl (C=S) groups is 1. The van der Waals surface area contributed by atoms with Gasteiger partial charge in [0.1, 0.15) is 18.3 Å². The maximum absolute atomic E-state index is 10.4. The summed E-state index contributed by atoms with van der Waals surface area (Å²) in [5.41, 5.74) is 0. The summed E-state index contributed by atoms with van der Waals surface area (Å²) in [5, 5.41) is 53.0. The third-order valence-electron chi connectivity index (χ3n) is 4.54. The first kappa shape index (κ1) is 23.4. The van der Waals surface area contributed by atoms with E-state index >= 15 is 0 Å². The first-order chi connectivity index (χ1) is 12.3. The highest BCUT2D eigenvalue weighted by Crippen LogP contribution is 2.18. The molecule has 0 aliphatic heterocycles. The van der Waals surface area contributed by atoms with E-state index in [0.717, 1.165) is 6.42 Å². The number of rotatable bonds is 10. The van der Waals surface area contributed by atoms with Crippen LogP contribution in [0.5, 0.6) is 0 Å². The van der Waals surface area contributed by atoms with Crippen molar-refractivity contribution in [2.24, 2.45) is 0 Å². The van der Waals surface area contributed by atoms with E-state index in [4.69, 9.17) is 17.0 Å². The van der Waals surface area contributed by atoms with Gasteiger partial charge < -0.3 is 35.6 Å². The Morgan fingerprint density at radius 1 is 1.23 bits per heavy atom. The van der Waals surface area contributed by atoms with Gasteiger partial charge in [0.05, 0.1) is 35.9 Å². The molecule has 26 heavy (non-hydrogen) atoms. The van der Waals surface area contributed by atoms with Gasteiger partial charge in [-0.15, -0.1) is 0 Å². The van der Waals surface area contributed by atoms with E-state index in [1.165, 1.54) is 6.08 Å². The molecular weight excluding hydrogens is 358 g/mol. The van der Waals surface area contributed by atoms with Crippen molar-refractivity contribution in [3.05, 3.63) is 12.2 Å². The fraction of sp³-hybridized carbons (Fsp3) is 0.833. The smallest absolute Gasteiger partial charge is 0.112 e. The first-order valence-corrected chi connectivity index (χ1v) is 9.68. The number of ether oxygens (including phenoxy) is 1. The highest BCUT2D eigenvalue weighted by atomic mass is 32.1.